The maximum absolute atomic E-state index is 13.7. The molecule has 9 heteroatoms. The summed E-state index contributed by atoms with van der Waals surface area (Å²) in [5.74, 6) is 0.199. The number of ketones is 1. The molecule has 0 radical (unpaired) electrons. The van der Waals surface area contributed by atoms with E-state index in [1.807, 2.05) is 32.0 Å². The molecule has 1 aromatic carbocycles. The lowest BCUT2D eigenvalue weighted by molar-refractivity contribution is -0.129. The maximum atomic E-state index is 13.7. The van der Waals surface area contributed by atoms with Crippen molar-refractivity contribution >= 4 is 23.0 Å². The van der Waals surface area contributed by atoms with Gasteiger partial charge in [-0.3, -0.25) is 9.59 Å². The molecule has 36 heavy (non-hydrogen) atoms. The van der Waals surface area contributed by atoms with Crippen molar-refractivity contribution < 1.29 is 24.2 Å². The van der Waals surface area contributed by atoms with E-state index in [1.54, 1.807) is 31.1 Å². The predicted molar refractivity (Wildman–Crippen MR) is 141 cm³/mol. The number of ether oxygens (including phenoxy) is 2. The van der Waals surface area contributed by atoms with Gasteiger partial charge in [0.1, 0.15) is 0 Å². The molecule has 1 aromatic heterocycles. The van der Waals surface area contributed by atoms with Crippen LogP contribution < -0.4 is 9.47 Å². The average molecular weight is 516 g/mol. The van der Waals surface area contributed by atoms with E-state index < -0.39 is 17.7 Å². The van der Waals surface area contributed by atoms with Crippen molar-refractivity contribution in [3.05, 3.63) is 50.7 Å². The van der Waals surface area contributed by atoms with Crippen LogP contribution in [0.4, 0.5) is 0 Å². The summed E-state index contributed by atoms with van der Waals surface area (Å²) in [5.41, 5.74) is 1.34. The number of aliphatic hydroxyl groups is 1. The molecule has 0 bridgehead atoms. The highest BCUT2D eigenvalue weighted by molar-refractivity contribution is 7.14. The molecule has 0 saturated heterocycles. The van der Waals surface area contributed by atoms with Gasteiger partial charge in [-0.25, -0.2) is 4.98 Å². The Labute approximate surface area is 217 Å². The Morgan fingerprint density at radius 2 is 1.97 bits per heavy atom. The Bertz CT molecular complexity index is 1140. The summed E-state index contributed by atoms with van der Waals surface area (Å²) in [6, 6.07) is 4.68. The van der Waals surface area contributed by atoms with Crippen LogP contribution in [0.25, 0.3) is 0 Å². The van der Waals surface area contributed by atoms with Crippen LogP contribution in [-0.4, -0.2) is 72.5 Å². The molecule has 1 aliphatic rings. The van der Waals surface area contributed by atoms with Gasteiger partial charge in [0, 0.05) is 6.54 Å². The van der Waals surface area contributed by atoms with Crippen LogP contribution in [0.15, 0.2) is 29.5 Å². The lowest BCUT2D eigenvalue weighted by atomic mass is 9.94. The van der Waals surface area contributed by atoms with Crippen molar-refractivity contribution in [2.45, 2.75) is 46.6 Å². The van der Waals surface area contributed by atoms with Crippen LogP contribution in [0.5, 0.6) is 11.5 Å². The van der Waals surface area contributed by atoms with E-state index in [0.717, 1.165) is 18.0 Å². The van der Waals surface area contributed by atoms with Gasteiger partial charge in [-0.05, 0) is 70.9 Å². The summed E-state index contributed by atoms with van der Waals surface area (Å²) in [7, 11) is 5.49. The summed E-state index contributed by atoms with van der Waals surface area (Å²) in [6.45, 7) is 9.57. The average Bonchev–Trinajstić information content (AvgIpc) is 3.28. The fourth-order valence-corrected chi connectivity index (χ4v) is 5.14. The first-order chi connectivity index (χ1) is 17.0. The number of amides is 1. The number of methoxy groups -OCH3 is 1. The zero-order chi connectivity index (χ0) is 26.6. The molecule has 2 aromatic rings. The highest BCUT2D eigenvalue weighted by atomic mass is 32.1. The number of aliphatic hydroxyl groups excluding tert-OH is 1. The minimum atomic E-state index is -0.743. The van der Waals surface area contributed by atoms with Crippen molar-refractivity contribution in [2.24, 2.45) is 5.92 Å². The number of aryl methyl sites for hydroxylation is 2. The minimum absolute atomic E-state index is 0.0760. The molecule has 196 valence electrons. The van der Waals surface area contributed by atoms with Crippen LogP contribution in [0.3, 0.4) is 0 Å². The Balaban J connectivity index is 2.02. The fraction of sp³-hybridized carbons (Fsp3) is 0.519. The second-order valence-corrected chi connectivity index (χ2v) is 10.9. The van der Waals surface area contributed by atoms with Gasteiger partial charge in [0.05, 0.1) is 40.9 Å². The number of nitrogens with zero attached hydrogens (tertiary/aromatic N) is 3. The predicted octanol–water partition coefficient (Wildman–Crippen LogP) is 4.72. The lowest BCUT2D eigenvalue weighted by Gasteiger charge is -2.28. The molecule has 0 aliphatic carbocycles. The van der Waals surface area contributed by atoms with Gasteiger partial charge >= 0.3 is 0 Å². The third kappa shape index (κ3) is 6.07. The number of rotatable bonds is 12. The Kier molecular flexibility index (Phi) is 9.13. The Morgan fingerprint density at radius 1 is 1.25 bits per heavy atom. The number of Topliss-reactive ketones (excluding diaryl/α,β-unsaturated/α-hetero) is 1. The molecule has 1 aliphatic heterocycles. The molecule has 3 rings (SSSR count). The van der Waals surface area contributed by atoms with Crippen LogP contribution in [0.2, 0.25) is 0 Å². The van der Waals surface area contributed by atoms with Gasteiger partial charge in [0.15, 0.2) is 17.3 Å². The quantitative estimate of drug-likeness (QED) is 0.409. The zero-order valence-electron chi connectivity index (χ0n) is 22.3. The fourth-order valence-electron chi connectivity index (χ4n) is 4.26. The monoisotopic (exact) mass is 515 g/mol. The molecule has 1 amide bonds. The molecule has 8 nitrogen and oxygen atoms in total. The first-order valence-corrected chi connectivity index (χ1v) is 13.0. The first-order valence-electron chi connectivity index (χ1n) is 12.2. The van der Waals surface area contributed by atoms with Gasteiger partial charge in [-0.15, -0.1) is 11.3 Å². The highest BCUT2D eigenvalue weighted by Crippen LogP contribution is 2.42. The van der Waals surface area contributed by atoms with Gasteiger partial charge in [0.25, 0.3) is 5.91 Å². The summed E-state index contributed by atoms with van der Waals surface area (Å²) >= 11 is 1.27. The van der Waals surface area contributed by atoms with Crippen LogP contribution in [0.1, 0.15) is 58.7 Å². The van der Waals surface area contributed by atoms with E-state index >= 15 is 0 Å². The number of aromatic nitrogens is 1. The maximum Gasteiger partial charge on any atom is 0.290 e. The van der Waals surface area contributed by atoms with Crippen LogP contribution >= 0.6 is 11.3 Å². The summed E-state index contributed by atoms with van der Waals surface area (Å²) in [6.07, 6.45) is 1.60. The number of hydrogen-bond acceptors (Lipinski definition) is 8. The number of carbonyl (C=O) groups excluding carboxylic acids is 2. The van der Waals surface area contributed by atoms with Crippen molar-refractivity contribution in [2.75, 3.05) is 40.9 Å². The number of carbonyl (C=O) groups is 2. The smallest absolute Gasteiger partial charge is 0.290 e. The Morgan fingerprint density at radius 3 is 2.56 bits per heavy atom. The number of hydrogen-bond donors (Lipinski definition) is 1. The molecule has 0 fully saturated rings. The van der Waals surface area contributed by atoms with E-state index in [4.69, 9.17) is 9.47 Å². The molecule has 1 atom stereocenters. The van der Waals surface area contributed by atoms with Gasteiger partial charge in [-0.2, -0.15) is 0 Å². The van der Waals surface area contributed by atoms with Crippen molar-refractivity contribution in [3.63, 3.8) is 0 Å². The molecule has 1 unspecified atom stereocenters. The second-order valence-electron chi connectivity index (χ2n) is 9.74. The molecular weight excluding hydrogens is 478 g/mol. The largest absolute Gasteiger partial charge is 0.503 e. The molecule has 1 N–H and O–H groups in total. The Hall–Kier alpha value is -2.91. The van der Waals surface area contributed by atoms with Crippen molar-refractivity contribution in [1.82, 2.24) is 14.8 Å². The number of benzene rings is 1. The van der Waals surface area contributed by atoms with Crippen molar-refractivity contribution in [1.29, 1.82) is 0 Å². The van der Waals surface area contributed by atoms with Crippen LogP contribution in [0, 0.1) is 19.8 Å². The molecule has 0 spiro atoms. The highest BCUT2D eigenvalue weighted by Gasteiger charge is 2.44. The molecule has 2 heterocycles. The minimum Gasteiger partial charge on any atom is -0.503 e. The van der Waals surface area contributed by atoms with E-state index in [0.29, 0.717) is 53.1 Å². The van der Waals surface area contributed by atoms with Crippen LogP contribution in [-0.2, 0) is 4.79 Å². The van der Waals surface area contributed by atoms with E-state index in [2.05, 4.69) is 18.8 Å². The first kappa shape index (κ1) is 27.7. The zero-order valence-corrected chi connectivity index (χ0v) is 23.1. The summed E-state index contributed by atoms with van der Waals surface area (Å²) in [5, 5.41) is 11.7. The molecular formula is C27H37N3O5S. The standard InChI is InChI=1S/C27H37N3O5S/c1-16(2)11-14-35-20-10-9-19(15-21(20)34-7)23-22(24(31)26-17(3)28-18(4)36-26)25(32)27(33)30(23)13-8-12-29(5)6/h9-10,15-16,23,32H,8,11-14H2,1-7H3. The van der Waals surface area contributed by atoms with Gasteiger partial charge < -0.3 is 24.4 Å². The van der Waals surface area contributed by atoms with E-state index in [-0.39, 0.29) is 11.4 Å². The SMILES string of the molecule is COc1cc(C2C(C(=O)c3sc(C)nc3C)=C(O)C(=O)N2CCCN(C)C)ccc1OCCC(C)C. The summed E-state index contributed by atoms with van der Waals surface area (Å²) in [4.78, 5) is 35.3. The second kappa shape index (κ2) is 11.9. The number of thiazole rings is 1. The third-order valence-electron chi connectivity index (χ3n) is 6.12. The topological polar surface area (TPSA) is 92.2 Å². The normalized spacial score (nSPS) is 16.0. The van der Waals surface area contributed by atoms with E-state index in [9.17, 15) is 14.7 Å². The van der Waals surface area contributed by atoms with Gasteiger partial charge in [-0.1, -0.05) is 19.9 Å². The molecule has 0 saturated carbocycles. The lowest BCUT2D eigenvalue weighted by Crippen LogP contribution is -2.33. The van der Waals surface area contributed by atoms with Crippen molar-refractivity contribution in [3.8, 4) is 11.5 Å². The van der Waals surface area contributed by atoms with E-state index in [1.165, 1.54) is 11.3 Å². The third-order valence-corrected chi connectivity index (χ3v) is 7.19. The van der Waals surface area contributed by atoms with Gasteiger partial charge in [0.2, 0.25) is 5.78 Å². The summed E-state index contributed by atoms with van der Waals surface area (Å²) < 4.78 is 11.5.